The Hall–Kier alpha value is -1.24. The zero-order valence-corrected chi connectivity index (χ0v) is 15.0. The number of anilines is 1. The number of aliphatic hydroxyl groups is 1. The van der Waals surface area contributed by atoms with Crippen molar-refractivity contribution in [3.05, 3.63) is 29.8 Å². The van der Waals surface area contributed by atoms with Crippen molar-refractivity contribution in [2.75, 3.05) is 18.6 Å². The molecule has 23 heavy (non-hydrogen) atoms. The molecule has 1 aromatic carbocycles. The third-order valence-electron chi connectivity index (χ3n) is 5.41. The van der Waals surface area contributed by atoms with Gasteiger partial charge in [-0.15, -0.1) is 0 Å². The zero-order chi connectivity index (χ0) is 17.0. The number of amides is 1. The molecule has 2 aliphatic rings. The maximum atomic E-state index is 15.0. The van der Waals surface area contributed by atoms with E-state index in [2.05, 4.69) is 0 Å². The molecule has 6 heteroatoms. The van der Waals surface area contributed by atoms with Crippen LogP contribution in [0.25, 0.3) is 0 Å². The van der Waals surface area contributed by atoms with Crippen molar-refractivity contribution in [1.82, 2.24) is 0 Å². The van der Waals surface area contributed by atoms with Crippen molar-refractivity contribution in [3.63, 3.8) is 0 Å². The number of hydrogen-bond acceptors (Lipinski definition) is 3. The van der Waals surface area contributed by atoms with Gasteiger partial charge in [0.1, 0.15) is 0 Å². The molecule has 0 saturated carbocycles. The Balaban J connectivity index is 2.14. The Kier molecular flexibility index (Phi) is 3.90. The monoisotopic (exact) mass is 337 g/mol. The summed E-state index contributed by atoms with van der Waals surface area (Å²) < 4.78 is 21.3. The van der Waals surface area contributed by atoms with E-state index in [4.69, 9.17) is 4.74 Å². The third kappa shape index (κ3) is 2.19. The molecular formula is C17H24FNO3Si. The molecule has 2 heterocycles. The van der Waals surface area contributed by atoms with Gasteiger partial charge >= 0.3 is 0 Å². The number of carbonyl (C=O) groups is 1. The maximum Gasteiger partial charge on any atom is 0.264 e. The van der Waals surface area contributed by atoms with Crippen LogP contribution >= 0.6 is 0 Å². The van der Waals surface area contributed by atoms with E-state index < -0.39 is 20.1 Å². The summed E-state index contributed by atoms with van der Waals surface area (Å²) in [5.74, 6) is -0.390. The van der Waals surface area contributed by atoms with Gasteiger partial charge in [0.05, 0.1) is 11.8 Å². The average molecular weight is 337 g/mol. The highest BCUT2D eigenvalue weighted by Gasteiger charge is 2.66. The predicted molar refractivity (Wildman–Crippen MR) is 89.6 cm³/mol. The van der Waals surface area contributed by atoms with Crippen LogP contribution in [0.5, 0.6) is 0 Å². The van der Waals surface area contributed by atoms with Gasteiger partial charge in [-0.1, -0.05) is 25.1 Å². The summed E-state index contributed by atoms with van der Waals surface area (Å²) in [6.45, 7) is 5.18. The van der Waals surface area contributed by atoms with Crippen LogP contribution in [-0.2, 0) is 15.1 Å². The Bertz CT molecular complexity index is 633. The van der Waals surface area contributed by atoms with Crippen LogP contribution in [0.4, 0.5) is 9.80 Å². The first-order chi connectivity index (χ1) is 10.7. The summed E-state index contributed by atoms with van der Waals surface area (Å²) >= 11 is 0. The summed E-state index contributed by atoms with van der Waals surface area (Å²) in [5, 5.41) is 9.36. The lowest BCUT2D eigenvalue weighted by molar-refractivity contribution is -0.146. The van der Waals surface area contributed by atoms with Gasteiger partial charge in [0.25, 0.3) is 5.91 Å². The number of fused-ring (bicyclic) bond motifs is 2. The molecule has 1 aromatic rings. The molecule has 126 valence electrons. The van der Waals surface area contributed by atoms with Crippen molar-refractivity contribution in [3.8, 4) is 0 Å². The standard InChI is InChI=1S/C17H24FNO3Si/c1-11-15(23(3,4)18)14(9-10-20)22-17(11)12-7-5-6-8-13(12)19(2)16(17)21/h5-8,11,14-15,20H,9-10H2,1-4H3/t11-,14+,15-,17+/m0/s1. The molecule has 2 aliphatic heterocycles. The third-order valence-corrected chi connectivity index (χ3v) is 7.87. The van der Waals surface area contributed by atoms with Crippen LogP contribution in [0.1, 0.15) is 18.9 Å². The van der Waals surface area contributed by atoms with Crippen LogP contribution in [0, 0.1) is 5.92 Å². The highest BCUT2D eigenvalue weighted by atomic mass is 28.4. The number of hydrogen-bond donors (Lipinski definition) is 1. The molecule has 3 rings (SSSR count). The molecule has 1 spiro atoms. The highest BCUT2D eigenvalue weighted by molar-refractivity contribution is 6.72. The summed E-state index contributed by atoms with van der Waals surface area (Å²) in [4.78, 5) is 14.7. The molecule has 0 radical (unpaired) electrons. The topological polar surface area (TPSA) is 49.8 Å². The number of likely N-dealkylation sites (N-methyl/N-ethyl adjacent to an activating group) is 1. The normalized spacial score (nSPS) is 33.6. The first kappa shape index (κ1) is 16.6. The number of ether oxygens (including phenoxy) is 1. The minimum atomic E-state index is -3.06. The second-order valence-electron chi connectivity index (χ2n) is 7.16. The molecule has 1 amide bonds. The molecule has 1 fully saturated rings. The van der Waals surface area contributed by atoms with Gasteiger partial charge in [0.2, 0.25) is 8.41 Å². The maximum absolute atomic E-state index is 15.0. The summed E-state index contributed by atoms with van der Waals surface area (Å²) in [6.07, 6.45) is -0.0684. The second kappa shape index (κ2) is 5.39. The van der Waals surface area contributed by atoms with Gasteiger partial charge < -0.3 is 18.9 Å². The van der Waals surface area contributed by atoms with E-state index in [1.807, 2.05) is 31.2 Å². The number of carbonyl (C=O) groups excluding carboxylic acids is 1. The first-order valence-corrected chi connectivity index (χ1v) is 11.1. The molecule has 0 aromatic heterocycles. The molecule has 4 nitrogen and oxygen atoms in total. The highest BCUT2D eigenvalue weighted by Crippen LogP contribution is 2.59. The smallest absolute Gasteiger partial charge is 0.264 e. The van der Waals surface area contributed by atoms with Crippen LogP contribution < -0.4 is 4.90 Å². The van der Waals surface area contributed by atoms with Gasteiger partial charge in [-0.2, -0.15) is 0 Å². The number of aliphatic hydroxyl groups excluding tert-OH is 1. The van der Waals surface area contributed by atoms with Crippen LogP contribution in [0.3, 0.4) is 0 Å². The first-order valence-electron chi connectivity index (χ1n) is 8.10. The number of halogens is 1. The number of rotatable bonds is 3. The quantitative estimate of drug-likeness (QED) is 0.681. The molecular weight excluding hydrogens is 313 g/mol. The summed E-state index contributed by atoms with van der Waals surface area (Å²) in [6, 6.07) is 7.57. The van der Waals surface area contributed by atoms with E-state index in [1.165, 1.54) is 0 Å². The molecule has 0 bridgehead atoms. The number of nitrogens with zero attached hydrogens (tertiary/aromatic N) is 1. The Morgan fingerprint density at radius 3 is 2.65 bits per heavy atom. The molecule has 4 atom stereocenters. The molecule has 1 saturated heterocycles. The van der Waals surface area contributed by atoms with Crippen molar-refractivity contribution < 1.29 is 18.7 Å². The van der Waals surface area contributed by atoms with Gasteiger partial charge in [0.15, 0.2) is 5.60 Å². The zero-order valence-electron chi connectivity index (χ0n) is 14.0. The lowest BCUT2D eigenvalue weighted by Crippen LogP contribution is -2.44. The van der Waals surface area contributed by atoms with E-state index in [9.17, 15) is 9.90 Å². The van der Waals surface area contributed by atoms with Gasteiger partial charge in [0, 0.05) is 30.7 Å². The number of benzene rings is 1. The number of para-hydroxylation sites is 1. The van der Waals surface area contributed by atoms with E-state index in [0.717, 1.165) is 11.3 Å². The Morgan fingerprint density at radius 1 is 1.39 bits per heavy atom. The fourth-order valence-corrected chi connectivity index (χ4v) is 7.05. The van der Waals surface area contributed by atoms with E-state index in [0.29, 0.717) is 6.42 Å². The van der Waals surface area contributed by atoms with Gasteiger partial charge in [-0.25, -0.2) is 0 Å². The fourth-order valence-electron chi connectivity index (χ4n) is 4.50. The lowest BCUT2D eigenvalue weighted by Gasteiger charge is -2.30. The van der Waals surface area contributed by atoms with Gasteiger partial charge in [-0.05, 0) is 25.6 Å². The second-order valence-corrected chi connectivity index (χ2v) is 11.0. The molecule has 1 N–H and O–H groups in total. The van der Waals surface area contributed by atoms with E-state index >= 15 is 4.11 Å². The Morgan fingerprint density at radius 2 is 2.04 bits per heavy atom. The van der Waals surface area contributed by atoms with Gasteiger partial charge in [-0.3, -0.25) is 4.79 Å². The summed E-state index contributed by atoms with van der Waals surface area (Å²) in [5.41, 5.74) is 0.208. The summed E-state index contributed by atoms with van der Waals surface area (Å²) in [7, 11) is -1.33. The Labute approximate surface area is 137 Å². The predicted octanol–water partition coefficient (Wildman–Crippen LogP) is 2.82. The average Bonchev–Trinajstić information content (AvgIpc) is 2.89. The van der Waals surface area contributed by atoms with E-state index in [-0.39, 0.29) is 24.0 Å². The lowest BCUT2D eigenvalue weighted by atomic mass is 9.82. The molecule has 0 aliphatic carbocycles. The van der Waals surface area contributed by atoms with Crippen molar-refractivity contribution >= 4 is 20.0 Å². The van der Waals surface area contributed by atoms with Crippen molar-refractivity contribution in [2.24, 2.45) is 5.92 Å². The van der Waals surface area contributed by atoms with Crippen molar-refractivity contribution in [1.29, 1.82) is 0 Å². The SMILES string of the molecule is C[C@H]1[C@H]([Si](C)(C)F)[C@@H](CCO)O[C@]12C(=O)N(C)c1ccccc12. The minimum Gasteiger partial charge on any atom is -0.396 e. The van der Waals surface area contributed by atoms with Crippen LogP contribution in [-0.4, -0.2) is 39.2 Å². The van der Waals surface area contributed by atoms with Crippen LogP contribution in [0.15, 0.2) is 24.3 Å². The van der Waals surface area contributed by atoms with E-state index in [1.54, 1.807) is 25.0 Å². The van der Waals surface area contributed by atoms with Crippen molar-refractivity contribution in [2.45, 2.75) is 43.7 Å². The largest absolute Gasteiger partial charge is 0.396 e. The fraction of sp³-hybridized carbons (Fsp3) is 0.588. The molecule has 0 unspecified atom stereocenters. The minimum absolute atomic E-state index is 0.0693. The van der Waals surface area contributed by atoms with Crippen LogP contribution in [0.2, 0.25) is 18.6 Å².